The molecule has 0 heterocycles. The van der Waals surface area contributed by atoms with E-state index in [0.29, 0.717) is 5.92 Å². The van der Waals surface area contributed by atoms with Crippen LogP contribution in [0.25, 0.3) is 0 Å². The molecule has 98 valence electrons. The van der Waals surface area contributed by atoms with Gasteiger partial charge in [-0.15, -0.1) is 6.58 Å². The van der Waals surface area contributed by atoms with Gasteiger partial charge < -0.3 is 4.74 Å². The fraction of sp³-hybridized carbons (Fsp3) is 0.222. The molecule has 1 heteroatoms. The Kier molecular flexibility index (Phi) is 4.79. The minimum atomic E-state index is 0.493. The number of allylic oxidation sites excluding steroid dienone is 1. The zero-order valence-corrected chi connectivity index (χ0v) is 11.4. The minimum Gasteiger partial charge on any atom is -0.497 e. The second kappa shape index (κ2) is 6.79. The summed E-state index contributed by atoms with van der Waals surface area (Å²) in [6, 6.07) is 18.9. The van der Waals surface area contributed by atoms with Crippen molar-refractivity contribution in [1.82, 2.24) is 0 Å². The minimum absolute atomic E-state index is 0.493. The molecule has 0 aliphatic rings. The van der Waals surface area contributed by atoms with Gasteiger partial charge in [0.2, 0.25) is 0 Å². The lowest BCUT2D eigenvalue weighted by Gasteiger charge is -2.16. The van der Waals surface area contributed by atoms with Gasteiger partial charge in [-0.1, -0.05) is 48.5 Å². The fourth-order valence-electron chi connectivity index (χ4n) is 2.31. The zero-order chi connectivity index (χ0) is 13.5. The second-order valence-corrected chi connectivity index (χ2v) is 4.68. The topological polar surface area (TPSA) is 9.23 Å². The second-order valence-electron chi connectivity index (χ2n) is 4.68. The Balaban J connectivity index is 2.14. The van der Waals surface area contributed by atoms with Crippen LogP contribution in [0.2, 0.25) is 0 Å². The largest absolute Gasteiger partial charge is 0.497 e. The van der Waals surface area contributed by atoms with E-state index in [0.717, 1.165) is 18.6 Å². The number of ether oxygens (including phenoxy) is 1. The quantitative estimate of drug-likeness (QED) is 0.683. The van der Waals surface area contributed by atoms with Crippen molar-refractivity contribution in [3.8, 4) is 5.75 Å². The first kappa shape index (κ1) is 13.4. The molecule has 0 fully saturated rings. The molecule has 1 unspecified atom stereocenters. The molecule has 2 aromatic rings. The van der Waals surface area contributed by atoms with Crippen molar-refractivity contribution in [2.24, 2.45) is 0 Å². The van der Waals surface area contributed by atoms with E-state index in [1.165, 1.54) is 11.1 Å². The smallest absolute Gasteiger partial charge is 0.118 e. The molecule has 1 nitrogen and oxygen atoms in total. The average Bonchev–Trinajstić information content (AvgIpc) is 2.48. The first-order valence-electron chi connectivity index (χ1n) is 6.62. The van der Waals surface area contributed by atoms with Crippen LogP contribution in [-0.2, 0) is 6.42 Å². The van der Waals surface area contributed by atoms with Gasteiger partial charge >= 0.3 is 0 Å². The summed E-state index contributed by atoms with van der Waals surface area (Å²) in [6.07, 6.45) is 4.03. The van der Waals surface area contributed by atoms with Crippen molar-refractivity contribution in [2.75, 3.05) is 7.11 Å². The molecule has 0 aliphatic heterocycles. The molecule has 19 heavy (non-hydrogen) atoms. The Labute approximate surface area is 115 Å². The van der Waals surface area contributed by atoms with Gasteiger partial charge in [-0.3, -0.25) is 0 Å². The Bertz CT molecular complexity index is 499. The van der Waals surface area contributed by atoms with Crippen LogP contribution in [0.3, 0.4) is 0 Å². The maximum Gasteiger partial charge on any atom is 0.118 e. The van der Waals surface area contributed by atoms with E-state index in [2.05, 4.69) is 49.0 Å². The van der Waals surface area contributed by atoms with Gasteiger partial charge in [-0.25, -0.2) is 0 Å². The lowest BCUT2D eigenvalue weighted by molar-refractivity contribution is 0.414. The van der Waals surface area contributed by atoms with Gasteiger partial charge in [0, 0.05) is 0 Å². The summed E-state index contributed by atoms with van der Waals surface area (Å²) < 4.78 is 5.19. The highest BCUT2D eigenvalue weighted by Crippen LogP contribution is 2.25. The number of benzene rings is 2. The Morgan fingerprint density at radius 3 is 2.32 bits per heavy atom. The van der Waals surface area contributed by atoms with Gasteiger partial charge in [0.15, 0.2) is 0 Å². The van der Waals surface area contributed by atoms with Crippen LogP contribution in [0.15, 0.2) is 67.3 Å². The van der Waals surface area contributed by atoms with E-state index in [1.54, 1.807) is 7.11 Å². The third-order valence-corrected chi connectivity index (χ3v) is 3.36. The molecule has 0 spiro atoms. The summed E-state index contributed by atoms with van der Waals surface area (Å²) in [4.78, 5) is 0. The highest BCUT2D eigenvalue weighted by Gasteiger charge is 2.10. The third-order valence-electron chi connectivity index (χ3n) is 3.36. The summed E-state index contributed by atoms with van der Waals surface area (Å²) in [5.41, 5.74) is 2.70. The molecule has 0 saturated heterocycles. The van der Waals surface area contributed by atoms with Gasteiger partial charge in [0.1, 0.15) is 5.75 Å². The monoisotopic (exact) mass is 252 g/mol. The van der Waals surface area contributed by atoms with E-state index >= 15 is 0 Å². The molecular formula is C18H20O. The van der Waals surface area contributed by atoms with E-state index < -0.39 is 0 Å². The summed E-state index contributed by atoms with van der Waals surface area (Å²) >= 11 is 0. The van der Waals surface area contributed by atoms with Crippen LogP contribution < -0.4 is 4.74 Å². The Hall–Kier alpha value is -2.02. The lowest BCUT2D eigenvalue weighted by atomic mass is 9.89. The molecule has 0 N–H and O–H groups in total. The van der Waals surface area contributed by atoms with Crippen LogP contribution in [0.5, 0.6) is 5.75 Å². The molecule has 1 atom stereocenters. The number of rotatable bonds is 6. The first-order chi connectivity index (χ1) is 9.33. The SMILES string of the molecule is C=CCC(Cc1ccc(OC)cc1)c1ccccc1. The van der Waals surface area contributed by atoms with Crippen molar-refractivity contribution in [1.29, 1.82) is 0 Å². The highest BCUT2D eigenvalue weighted by molar-refractivity contribution is 5.30. The summed E-state index contributed by atoms with van der Waals surface area (Å²) in [5.74, 6) is 1.40. The van der Waals surface area contributed by atoms with Crippen LogP contribution >= 0.6 is 0 Å². The normalized spacial score (nSPS) is 11.8. The lowest BCUT2D eigenvalue weighted by Crippen LogP contribution is -2.02. The predicted molar refractivity (Wildman–Crippen MR) is 80.7 cm³/mol. The molecule has 0 amide bonds. The zero-order valence-electron chi connectivity index (χ0n) is 11.4. The Morgan fingerprint density at radius 2 is 1.74 bits per heavy atom. The van der Waals surface area contributed by atoms with Crippen molar-refractivity contribution in [2.45, 2.75) is 18.8 Å². The average molecular weight is 252 g/mol. The first-order valence-corrected chi connectivity index (χ1v) is 6.62. The highest BCUT2D eigenvalue weighted by atomic mass is 16.5. The molecule has 2 aromatic carbocycles. The molecule has 0 saturated carbocycles. The maximum atomic E-state index is 5.19. The number of hydrogen-bond acceptors (Lipinski definition) is 1. The van der Waals surface area contributed by atoms with Crippen LogP contribution in [0, 0.1) is 0 Å². The van der Waals surface area contributed by atoms with Crippen molar-refractivity contribution >= 4 is 0 Å². The molecule has 0 aliphatic carbocycles. The predicted octanol–water partition coefficient (Wildman–Crippen LogP) is 4.60. The Morgan fingerprint density at radius 1 is 1.05 bits per heavy atom. The third kappa shape index (κ3) is 3.72. The van der Waals surface area contributed by atoms with Crippen LogP contribution in [0.1, 0.15) is 23.5 Å². The fourth-order valence-corrected chi connectivity index (χ4v) is 2.31. The molecule has 0 radical (unpaired) electrons. The van der Waals surface area contributed by atoms with Gasteiger partial charge in [0.25, 0.3) is 0 Å². The molecule has 0 bridgehead atoms. The van der Waals surface area contributed by atoms with E-state index in [1.807, 2.05) is 18.2 Å². The summed E-state index contributed by atoms with van der Waals surface area (Å²) in [5, 5.41) is 0. The van der Waals surface area contributed by atoms with Crippen molar-refractivity contribution < 1.29 is 4.74 Å². The van der Waals surface area contributed by atoms with Crippen molar-refractivity contribution in [3.05, 3.63) is 78.4 Å². The van der Waals surface area contributed by atoms with E-state index in [4.69, 9.17) is 4.74 Å². The number of methoxy groups -OCH3 is 1. The standard InChI is InChI=1S/C18H20O/c1-3-7-17(16-8-5-4-6-9-16)14-15-10-12-18(19-2)13-11-15/h3-6,8-13,17H,1,7,14H2,2H3. The summed E-state index contributed by atoms with van der Waals surface area (Å²) in [7, 11) is 1.69. The van der Waals surface area contributed by atoms with Gasteiger partial charge in [0.05, 0.1) is 7.11 Å². The molecule has 2 rings (SSSR count). The van der Waals surface area contributed by atoms with Crippen molar-refractivity contribution in [3.63, 3.8) is 0 Å². The van der Waals surface area contributed by atoms with Gasteiger partial charge in [-0.2, -0.15) is 0 Å². The van der Waals surface area contributed by atoms with E-state index in [-0.39, 0.29) is 0 Å². The van der Waals surface area contributed by atoms with Gasteiger partial charge in [-0.05, 0) is 42.0 Å². The number of hydrogen-bond donors (Lipinski definition) is 0. The maximum absolute atomic E-state index is 5.19. The van der Waals surface area contributed by atoms with E-state index in [9.17, 15) is 0 Å². The molecule has 0 aromatic heterocycles. The summed E-state index contributed by atoms with van der Waals surface area (Å²) in [6.45, 7) is 3.87. The molecular weight excluding hydrogens is 232 g/mol. The van der Waals surface area contributed by atoms with Crippen LogP contribution in [-0.4, -0.2) is 7.11 Å². The van der Waals surface area contributed by atoms with Crippen LogP contribution in [0.4, 0.5) is 0 Å².